The number of rotatable bonds is 6. The van der Waals surface area contributed by atoms with Crippen LogP contribution >= 0.6 is 11.8 Å². The molecule has 0 saturated heterocycles. The molecule has 0 fully saturated rings. The molecular formula is C20H20N4O4S. The number of nitrogens with one attached hydrogen (secondary N) is 2. The number of nitrogens with zero attached hydrogens (tertiary/aromatic N) is 2. The SMILES string of the molecule is CCn1nc(C(=O)NNC(=O)CSc2ccc(OC)cc2)c2ccccc2c1=O. The molecule has 3 rings (SSSR count). The molecule has 0 aliphatic heterocycles. The van der Waals surface area contributed by atoms with Gasteiger partial charge in [-0.2, -0.15) is 5.10 Å². The van der Waals surface area contributed by atoms with Gasteiger partial charge in [-0.25, -0.2) is 4.68 Å². The molecule has 8 nitrogen and oxygen atoms in total. The minimum Gasteiger partial charge on any atom is -0.497 e. The standard InChI is InChI=1S/C20H20N4O4S/c1-3-24-20(27)16-7-5-4-6-15(16)18(23-24)19(26)22-21-17(25)12-29-14-10-8-13(28-2)9-11-14/h4-11H,3,12H2,1-2H3,(H,21,25)(H,22,26). The van der Waals surface area contributed by atoms with E-state index < -0.39 is 5.91 Å². The van der Waals surface area contributed by atoms with Gasteiger partial charge in [0.05, 0.1) is 18.2 Å². The van der Waals surface area contributed by atoms with Crippen LogP contribution < -0.4 is 21.1 Å². The van der Waals surface area contributed by atoms with Gasteiger partial charge in [-0.3, -0.25) is 25.2 Å². The molecule has 0 radical (unpaired) electrons. The highest BCUT2D eigenvalue weighted by Crippen LogP contribution is 2.20. The third kappa shape index (κ3) is 4.75. The second kappa shape index (κ2) is 9.24. The quantitative estimate of drug-likeness (QED) is 0.474. The maximum absolute atomic E-state index is 12.6. The highest BCUT2D eigenvalue weighted by Gasteiger charge is 2.16. The van der Waals surface area contributed by atoms with Gasteiger partial charge in [0.15, 0.2) is 5.69 Å². The predicted octanol–water partition coefficient (Wildman–Crippen LogP) is 1.98. The molecule has 0 aliphatic carbocycles. The number of benzene rings is 2. The molecule has 0 spiro atoms. The monoisotopic (exact) mass is 412 g/mol. The Morgan fingerprint density at radius 1 is 1.07 bits per heavy atom. The van der Waals surface area contributed by atoms with Crippen molar-refractivity contribution in [2.45, 2.75) is 18.4 Å². The number of ether oxygens (including phenoxy) is 1. The van der Waals surface area contributed by atoms with Crippen molar-refractivity contribution in [2.75, 3.05) is 12.9 Å². The van der Waals surface area contributed by atoms with Crippen LogP contribution in [0.2, 0.25) is 0 Å². The lowest BCUT2D eigenvalue weighted by molar-refractivity contribution is -0.119. The zero-order chi connectivity index (χ0) is 20.8. The number of hydrogen-bond donors (Lipinski definition) is 2. The number of thioether (sulfide) groups is 1. The Kier molecular flexibility index (Phi) is 6.50. The number of carbonyl (C=O) groups excluding carboxylic acids is 2. The molecule has 29 heavy (non-hydrogen) atoms. The van der Waals surface area contributed by atoms with Crippen molar-refractivity contribution in [1.82, 2.24) is 20.6 Å². The Balaban J connectivity index is 1.65. The minimum absolute atomic E-state index is 0.0742. The Morgan fingerprint density at radius 2 is 1.76 bits per heavy atom. The van der Waals surface area contributed by atoms with Crippen molar-refractivity contribution in [3.63, 3.8) is 0 Å². The minimum atomic E-state index is -0.591. The number of aryl methyl sites for hydroxylation is 1. The average Bonchev–Trinajstić information content (AvgIpc) is 2.76. The van der Waals surface area contributed by atoms with Gasteiger partial charge in [-0.05, 0) is 37.3 Å². The molecule has 3 aromatic rings. The molecule has 0 unspecified atom stereocenters. The van der Waals surface area contributed by atoms with Gasteiger partial charge < -0.3 is 4.74 Å². The van der Waals surface area contributed by atoms with Crippen LogP contribution in [-0.2, 0) is 11.3 Å². The maximum Gasteiger partial charge on any atom is 0.290 e. The van der Waals surface area contributed by atoms with Crippen molar-refractivity contribution in [3.05, 3.63) is 64.6 Å². The van der Waals surface area contributed by atoms with Crippen LogP contribution in [0.15, 0.2) is 58.2 Å². The molecule has 2 aromatic carbocycles. The third-order valence-corrected chi connectivity index (χ3v) is 5.14. The van der Waals surface area contributed by atoms with E-state index in [-0.39, 0.29) is 22.9 Å². The molecule has 2 amide bonds. The second-order valence-corrected chi connectivity index (χ2v) is 7.03. The van der Waals surface area contributed by atoms with E-state index in [1.807, 2.05) is 12.1 Å². The molecule has 1 aromatic heterocycles. The summed E-state index contributed by atoms with van der Waals surface area (Å²) >= 11 is 1.33. The topological polar surface area (TPSA) is 102 Å². The lowest BCUT2D eigenvalue weighted by atomic mass is 10.1. The van der Waals surface area contributed by atoms with Crippen LogP contribution in [0, 0.1) is 0 Å². The Hall–Kier alpha value is -3.33. The van der Waals surface area contributed by atoms with Crippen LogP contribution in [0.3, 0.4) is 0 Å². The van der Waals surface area contributed by atoms with E-state index in [1.54, 1.807) is 50.4 Å². The molecular weight excluding hydrogens is 392 g/mol. The summed E-state index contributed by atoms with van der Waals surface area (Å²) in [6, 6.07) is 14.1. The lowest BCUT2D eigenvalue weighted by Crippen LogP contribution is -2.43. The summed E-state index contributed by atoms with van der Waals surface area (Å²) in [5.74, 6) is -0.104. The van der Waals surface area contributed by atoms with Crippen molar-refractivity contribution >= 4 is 34.3 Å². The van der Waals surface area contributed by atoms with Crippen molar-refractivity contribution < 1.29 is 14.3 Å². The van der Waals surface area contributed by atoms with Crippen LogP contribution in [0.1, 0.15) is 17.4 Å². The zero-order valence-corrected chi connectivity index (χ0v) is 16.8. The van der Waals surface area contributed by atoms with E-state index >= 15 is 0 Å². The van der Waals surface area contributed by atoms with Gasteiger partial charge in [0.1, 0.15) is 5.75 Å². The molecule has 9 heteroatoms. The smallest absolute Gasteiger partial charge is 0.290 e. The average molecular weight is 412 g/mol. The van der Waals surface area contributed by atoms with E-state index in [4.69, 9.17) is 4.74 Å². The van der Waals surface area contributed by atoms with Crippen LogP contribution in [0.5, 0.6) is 5.75 Å². The third-order valence-electron chi connectivity index (χ3n) is 4.13. The van der Waals surface area contributed by atoms with Gasteiger partial charge in [0, 0.05) is 16.8 Å². The molecule has 0 saturated carbocycles. The van der Waals surface area contributed by atoms with Crippen LogP contribution in [0.25, 0.3) is 10.8 Å². The van der Waals surface area contributed by atoms with Crippen molar-refractivity contribution in [1.29, 1.82) is 0 Å². The Morgan fingerprint density at radius 3 is 2.41 bits per heavy atom. The molecule has 0 atom stereocenters. The zero-order valence-electron chi connectivity index (χ0n) is 16.0. The number of fused-ring (bicyclic) bond motifs is 1. The summed E-state index contributed by atoms with van der Waals surface area (Å²) in [4.78, 5) is 37.9. The summed E-state index contributed by atoms with van der Waals surface area (Å²) in [7, 11) is 1.59. The normalized spacial score (nSPS) is 10.6. The Labute approximate surface area is 171 Å². The number of amides is 2. The van der Waals surface area contributed by atoms with E-state index in [1.165, 1.54) is 16.4 Å². The summed E-state index contributed by atoms with van der Waals surface area (Å²) in [6.07, 6.45) is 0. The fraction of sp³-hybridized carbons (Fsp3) is 0.200. The largest absolute Gasteiger partial charge is 0.497 e. The van der Waals surface area contributed by atoms with Crippen molar-refractivity contribution in [3.8, 4) is 5.75 Å². The van der Waals surface area contributed by atoms with Gasteiger partial charge in [0.25, 0.3) is 11.5 Å². The molecule has 0 bridgehead atoms. The number of carbonyl (C=O) groups is 2. The Bertz CT molecular complexity index is 1100. The number of methoxy groups -OCH3 is 1. The highest BCUT2D eigenvalue weighted by molar-refractivity contribution is 8.00. The number of hydrazine groups is 1. The lowest BCUT2D eigenvalue weighted by Gasteiger charge is -2.11. The first-order valence-corrected chi connectivity index (χ1v) is 9.88. The predicted molar refractivity (Wildman–Crippen MR) is 111 cm³/mol. The molecule has 0 aliphatic rings. The van der Waals surface area contributed by atoms with Gasteiger partial charge in [-0.1, -0.05) is 18.2 Å². The molecule has 150 valence electrons. The van der Waals surface area contributed by atoms with E-state index in [9.17, 15) is 14.4 Å². The van der Waals surface area contributed by atoms with Crippen LogP contribution in [0.4, 0.5) is 0 Å². The molecule has 2 N–H and O–H groups in total. The molecule has 1 heterocycles. The summed E-state index contributed by atoms with van der Waals surface area (Å²) in [5.41, 5.74) is 4.56. The summed E-state index contributed by atoms with van der Waals surface area (Å²) < 4.78 is 6.31. The first-order chi connectivity index (χ1) is 14.0. The fourth-order valence-electron chi connectivity index (χ4n) is 2.66. The van der Waals surface area contributed by atoms with E-state index in [0.717, 1.165) is 10.6 Å². The first kappa shape index (κ1) is 20.4. The number of hydrogen-bond acceptors (Lipinski definition) is 6. The maximum atomic E-state index is 12.6. The summed E-state index contributed by atoms with van der Waals surface area (Å²) in [5, 5.41) is 4.96. The van der Waals surface area contributed by atoms with Crippen molar-refractivity contribution in [2.24, 2.45) is 0 Å². The van der Waals surface area contributed by atoms with Gasteiger partial charge in [-0.15, -0.1) is 11.8 Å². The van der Waals surface area contributed by atoms with E-state index in [2.05, 4.69) is 16.0 Å². The van der Waals surface area contributed by atoms with Gasteiger partial charge in [0.2, 0.25) is 5.91 Å². The van der Waals surface area contributed by atoms with E-state index in [0.29, 0.717) is 17.3 Å². The second-order valence-electron chi connectivity index (χ2n) is 5.98. The number of aromatic nitrogens is 2. The van der Waals surface area contributed by atoms with Gasteiger partial charge >= 0.3 is 0 Å². The highest BCUT2D eigenvalue weighted by atomic mass is 32.2. The fourth-order valence-corrected chi connectivity index (χ4v) is 3.36. The first-order valence-electron chi connectivity index (χ1n) is 8.89. The summed E-state index contributed by atoms with van der Waals surface area (Å²) in [6.45, 7) is 2.10. The van der Waals surface area contributed by atoms with Crippen LogP contribution in [-0.4, -0.2) is 34.5 Å².